The third kappa shape index (κ3) is 1.90. The van der Waals surface area contributed by atoms with Gasteiger partial charge in [-0.1, -0.05) is 0 Å². The van der Waals surface area contributed by atoms with Crippen molar-refractivity contribution in [2.75, 3.05) is 7.11 Å². The van der Waals surface area contributed by atoms with E-state index in [-0.39, 0.29) is 5.82 Å². The van der Waals surface area contributed by atoms with Gasteiger partial charge in [0.25, 0.3) is 0 Å². The van der Waals surface area contributed by atoms with E-state index in [1.807, 2.05) is 18.2 Å². The maximum absolute atomic E-state index is 13.0. The normalized spacial score (nSPS) is 10.4. The van der Waals surface area contributed by atoms with Gasteiger partial charge in [0.15, 0.2) is 0 Å². The molecule has 1 N–H and O–H groups in total. The van der Waals surface area contributed by atoms with E-state index in [0.717, 1.165) is 16.5 Å². The third-order valence-corrected chi connectivity index (χ3v) is 3.25. The van der Waals surface area contributed by atoms with Crippen LogP contribution >= 0.6 is 0 Å². The summed E-state index contributed by atoms with van der Waals surface area (Å²) in [6.07, 6.45) is 0. The minimum absolute atomic E-state index is 0.301. The Morgan fingerprint density at radius 3 is 2.55 bits per heavy atom. The van der Waals surface area contributed by atoms with Crippen molar-refractivity contribution in [3.8, 4) is 23.1 Å². The summed E-state index contributed by atoms with van der Waals surface area (Å²) in [6, 6.07) is 13.8. The van der Waals surface area contributed by atoms with Gasteiger partial charge < -0.3 is 9.72 Å². The molecule has 0 fully saturated rings. The molecule has 1 aromatic heterocycles. The Morgan fingerprint density at radius 1 is 1.15 bits per heavy atom. The van der Waals surface area contributed by atoms with E-state index in [2.05, 4.69) is 11.1 Å². The predicted octanol–water partition coefficient (Wildman–Crippen LogP) is 3.85. The molecule has 0 amide bonds. The van der Waals surface area contributed by atoms with E-state index in [9.17, 15) is 9.65 Å². The highest BCUT2D eigenvalue weighted by Gasteiger charge is 2.13. The molecule has 3 rings (SSSR count). The average molecular weight is 266 g/mol. The molecule has 0 saturated heterocycles. The smallest absolute Gasteiger partial charge is 0.123 e. The van der Waals surface area contributed by atoms with Crippen molar-refractivity contribution in [3.63, 3.8) is 0 Å². The van der Waals surface area contributed by atoms with Crippen LogP contribution in [0, 0.1) is 17.1 Å². The zero-order chi connectivity index (χ0) is 14.1. The zero-order valence-electron chi connectivity index (χ0n) is 10.8. The van der Waals surface area contributed by atoms with Crippen LogP contribution in [0.3, 0.4) is 0 Å². The van der Waals surface area contributed by atoms with Crippen molar-refractivity contribution < 1.29 is 9.13 Å². The summed E-state index contributed by atoms with van der Waals surface area (Å²) in [4.78, 5) is 3.20. The molecule has 98 valence electrons. The highest BCUT2D eigenvalue weighted by atomic mass is 19.1. The number of nitrogens with one attached hydrogen (secondary N) is 1. The van der Waals surface area contributed by atoms with Crippen molar-refractivity contribution in [2.24, 2.45) is 0 Å². The van der Waals surface area contributed by atoms with Crippen LogP contribution < -0.4 is 4.74 Å². The highest BCUT2D eigenvalue weighted by molar-refractivity contribution is 5.94. The Kier molecular flexibility index (Phi) is 2.88. The topological polar surface area (TPSA) is 48.8 Å². The predicted molar refractivity (Wildman–Crippen MR) is 75.0 cm³/mol. The molecule has 0 spiro atoms. The summed E-state index contributed by atoms with van der Waals surface area (Å²) in [5, 5.41) is 10.2. The van der Waals surface area contributed by atoms with Crippen LogP contribution in [0.1, 0.15) is 5.56 Å². The maximum Gasteiger partial charge on any atom is 0.123 e. The monoisotopic (exact) mass is 266 g/mol. The summed E-state index contributed by atoms with van der Waals surface area (Å²) in [6.45, 7) is 0. The molecule has 0 aliphatic rings. The van der Waals surface area contributed by atoms with Crippen LogP contribution in [0.15, 0.2) is 42.5 Å². The number of nitrogens with zero attached hydrogens (tertiary/aromatic N) is 1. The van der Waals surface area contributed by atoms with Crippen molar-refractivity contribution in [1.82, 2.24) is 4.98 Å². The van der Waals surface area contributed by atoms with Crippen LogP contribution in [-0.4, -0.2) is 12.1 Å². The van der Waals surface area contributed by atoms with E-state index < -0.39 is 0 Å². The molecule has 20 heavy (non-hydrogen) atoms. The van der Waals surface area contributed by atoms with Gasteiger partial charge in [0.05, 0.1) is 18.4 Å². The average Bonchev–Trinajstić information content (AvgIpc) is 2.85. The molecule has 0 unspecified atom stereocenters. The Labute approximate surface area is 115 Å². The zero-order valence-corrected chi connectivity index (χ0v) is 10.8. The van der Waals surface area contributed by atoms with E-state index in [1.54, 1.807) is 19.2 Å². The SMILES string of the molecule is COc1ccc2[nH]c(-c3ccc(F)cc3)c(C#N)c2c1. The quantitative estimate of drug-likeness (QED) is 0.765. The lowest BCUT2D eigenvalue weighted by Gasteiger charge is -1.99. The number of hydrogen-bond donors (Lipinski definition) is 1. The Morgan fingerprint density at radius 2 is 1.90 bits per heavy atom. The molecule has 4 heteroatoms. The minimum Gasteiger partial charge on any atom is -0.497 e. The third-order valence-electron chi connectivity index (χ3n) is 3.25. The fourth-order valence-corrected chi connectivity index (χ4v) is 2.25. The van der Waals surface area contributed by atoms with Gasteiger partial charge in [0, 0.05) is 10.9 Å². The van der Waals surface area contributed by atoms with E-state index in [0.29, 0.717) is 17.0 Å². The standard InChI is InChI=1S/C16H11FN2O/c1-20-12-6-7-15-13(8-12)14(9-18)16(19-15)10-2-4-11(17)5-3-10/h2-8,19H,1H3. The molecule has 0 radical (unpaired) electrons. The first kappa shape index (κ1) is 12.2. The number of aromatic nitrogens is 1. The van der Waals surface area contributed by atoms with Crippen LogP contribution in [0.5, 0.6) is 5.75 Å². The molecular formula is C16H11FN2O. The Hall–Kier alpha value is -2.80. The van der Waals surface area contributed by atoms with Gasteiger partial charge in [-0.15, -0.1) is 0 Å². The Balaban J connectivity index is 2.26. The number of halogens is 1. The van der Waals surface area contributed by atoms with Crippen LogP contribution in [-0.2, 0) is 0 Å². The Bertz CT molecular complexity index is 813. The second-order valence-corrected chi connectivity index (χ2v) is 4.41. The first-order valence-electron chi connectivity index (χ1n) is 6.08. The van der Waals surface area contributed by atoms with Gasteiger partial charge in [-0.3, -0.25) is 0 Å². The first-order chi connectivity index (χ1) is 9.72. The first-order valence-corrected chi connectivity index (χ1v) is 6.08. The van der Waals surface area contributed by atoms with Gasteiger partial charge in [0.2, 0.25) is 0 Å². The van der Waals surface area contributed by atoms with Crippen LogP contribution in [0.4, 0.5) is 4.39 Å². The fraction of sp³-hybridized carbons (Fsp3) is 0.0625. The molecule has 1 heterocycles. The number of hydrogen-bond acceptors (Lipinski definition) is 2. The summed E-state index contributed by atoms with van der Waals surface area (Å²) < 4.78 is 18.2. The molecule has 0 aliphatic heterocycles. The fourth-order valence-electron chi connectivity index (χ4n) is 2.25. The molecule has 0 bridgehead atoms. The lowest BCUT2D eigenvalue weighted by molar-refractivity contribution is 0.415. The molecule has 0 saturated carbocycles. The van der Waals surface area contributed by atoms with Gasteiger partial charge in [0.1, 0.15) is 17.6 Å². The van der Waals surface area contributed by atoms with Gasteiger partial charge in [-0.25, -0.2) is 4.39 Å². The van der Waals surface area contributed by atoms with E-state index in [1.165, 1.54) is 12.1 Å². The van der Waals surface area contributed by atoms with Crippen molar-refractivity contribution >= 4 is 10.9 Å². The number of benzene rings is 2. The van der Waals surface area contributed by atoms with E-state index >= 15 is 0 Å². The van der Waals surface area contributed by atoms with Gasteiger partial charge in [-0.05, 0) is 48.0 Å². The molecule has 3 aromatic rings. The summed E-state index contributed by atoms with van der Waals surface area (Å²) in [5.41, 5.74) is 2.85. The molecular weight excluding hydrogens is 255 g/mol. The van der Waals surface area contributed by atoms with Gasteiger partial charge in [-0.2, -0.15) is 5.26 Å². The maximum atomic E-state index is 13.0. The van der Waals surface area contributed by atoms with Crippen molar-refractivity contribution in [3.05, 3.63) is 53.8 Å². The molecule has 0 atom stereocenters. The number of aromatic amines is 1. The van der Waals surface area contributed by atoms with Crippen molar-refractivity contribution in [1.29, 1.82) is 5.26 Å². The molecule has 0 aliphatic carbocycles. The lowest BCUT2D eigenvalue weighted by atomic mass is 10.1. The summed E-state index contributed by atoms with van der Waals surface area (Å²) in [7, 11) is 1.58. The molecule has 3 nitrogen and oxygen atoms in total. The number of fused-ring (bicyclic) bond motifs is 1. The minimum atomic E-state index is -0.301. The second-order valence-electron chi connectivity index (χ2n) is 4.41. The van der Waals surface area contributed by atoms with Crippen molar-refractivity contribution in [2.45, 2.75) is 0 Å². The second kappa shape index (κ2) is 4.71. The molecule has 2 aromatic carbocycles. The highest BCUT2D eigenvalue weighted by Crippen LogP contribution is 2.31. The van der Waals surface area contributed by atoms with Crippen LogP contribution in [0.2, 0.25) is 0 Å². The summed E-state index contributed by atoms with van der Waals surface area (Å²) in [5.74, 6) is 0.392. The number of nitriles is 1. The number of methoxy groups -OCH3 is 1. The van der Waals surface area contributed by atoms with Crippen LogP contribution in [0.25, 0.3) is 22.2 Å². The number of rotatable bonds is 2. The summed E-state index contributed by atoms with van der Waals surface area (Å²) >= 11 is 0. The number of H-pyrrole nitrogens is 1. The largest absolute Gasteiger partial charge is 0.497 e. The lowest BCUT2D eigenvalue weighted by Crippen LogP contribution is -1.83. The van der Waals surface area contributed by atoms with E-state index in [4.69, 9.17) is 4.74 Å². The number of ether oxygens (including phenoxy) is 1. The van der Waals surface area contributed by atoms with Gasteiger partial charge >= 0.3 is 0 Å².